The lowest BCUT2D eigenvalue weighted by atomic mass is 10.1. The van der Waals surface area contributed by atoms with E-state index in [4.69, 9.17) is 5.10 Å². The van der Waals surface area contributed by atoms with E-state index in [0.717, 1.165) is 27.9 Å². The first kappa shape index (κ1) is 20.8. The number of carbonyl (C=O) groups excluding carboxylic acids is 1. The highest BCUT2D eigenvalue weighted by molar-refractivity contribution is 5.91. The van der Waals surface area contributed by atoms with Gasteiger partial charge in [-0.05, 0) is 37.1 Å². The molecule has 0 spiro atoms. The number of carbonyl (C=O) groups is 1. The van der Waals surface area contributed by atoms with Crippen LogP contribution in [0.4, 0.5) is 10.6 Å². The summed E-state index contributed by atoms with van der Waals surface area (Å²) in [6, 6.07) is 16.5. The number of aliphatic hydroxyl groups is 1. The third-order valence-corrected chi connectivity index (χ3v) is 5.90. The number of para-hydroxylation sites is 1. The van der Waals surface area contributed by atoms with Gasteiger partial charge >= 0.3 is 6.03 Å². The lowest BCUT2D eigenvalue weighted by Gasteiger charge is -2.19. The first-order chi connectivity index (χ1) is 16.0. The van der Waals surface area contributed by atoms with Gasteiger partial charge in [-0.2, -0.15) is 5.10 Å². The molecule has 2 aromatic heterocycles. The zero-order chi connectivity index (χ0) is 22.9. The van der Waals surface area contributed by atoms with Crippen LogP contribution < -0.4 is 10.6 Å². The number of hydrogen-bond donors (Lipinski definition) is 3. The predicted octanol–water partition coefficient (Wildman–Crippen LogP) is 3.73. The van der Waals surface area contributed by atoms with E-state index in [1.807, 2.05) is 68.4 Å². The van der Waals surface area contributed by atoms with Crippen LogP contribution in [0.3, 0.4) is 0 Å². The summed E-state index contributed by atoms with van der Waals surface area (Å²) in [5.41, 5.74) is 5.01. The van der Waals surface area contributed by atoms with Gasteiger partial charge < -0.3 is 10.4 Å². The van der Waals surface area contributed by atoms with Crippen LogP contribution >= 0.6 is 0 Å². The molecule has 8 nitrogen and oxygen atoms in total. The minimum Gasteiger partial charge on any atom is -0.390 e. The summed E-state index contributed by atoms with van der Waals surface area (Å²) in [5, 5.41) is 21.2. The van der Waals surface area contributed by atoms with E-state index in [2.05, 4.69) is 20.6 Å². The van der Waals surface area contributed by atoms with Crippen LogP contribution in [0, 0.1) is 13.8 Å². The van der Waals surface area contributed by atoms with Gasteiger partial charge in [0.05, 0.1) is 17.8 Å². The Morgan fingerprint density at radius 3 is 2.48 bits per heavy atom. The summed E-state index contributed by atoms with van der Waals surface area (Å²) in [6.07, 6.45) is 3.29. The van der Waals surface area contributed by atoms with Crippen LogP contribution in [-0.2, 0) is 6.42 Å². The molecule has 0 radical (unpaired) electrons. The number of hydrogen-bond acceptors (Lipinski definition) is 5. The molecule has 1 aliphatic carbocycles. The molecule has 4 aromatic rings. The van der Waals surface area contributed by atoms with Crippen LogP contribution in [0.5, 0.6) is 0 Å². The quantitative estimate of drug-likeness (QED) is 0.449. The molecule has 5 rings (SSSR count). The Bertz CT molecular complexity index is 1300. The SMILES string of the molecule is Cc1ncc(-c2nn(-c3ccccc3)c(NC(=O)N[C@@H]3c4ccccc4C[C@H]3O)c2C)cn1. The Kier molecular flexibility index (Phi) is 5.35. The lowest BCUT2D eigenvalue weighted by molar-refractivity contribution is 0.144. The fraction of sp³-hybridized carbons (Fsp3) is 0.200. The molecule has 0 saturated carbocycles. The van der Waals surface area contributed by atoms with Crippen molar-refractivity contribution in [3.05, 3.63) is 89.5 Å². The van der Waals surface area contributed by atoms with Gasteiger partial charge in [0.15, 0.2) is 0 Å². The van der Waals surface area contributed by atoms with Crippen LogP contribution in [0.2, 0.25) is 0 Å². The molecule has 0 bridgehead atoms. The molecule has 0 unspecified atom stereocenters. The third kappa shape index (κ3) is 3.96. The molecule has 166 valence electrons. The standard InChI is InChI=1S/C25H24N6O2/c1-15-22(18-13-26-16(2)27-14-18)30-31(19-9-4-3-5-10-19)24(15)29-25(33)28-23-20-11-7-6-8-17(20)12-21(23)32/h3-11,13-14,21,23,32H,12H2,1-2H3,(H2,28,29,33)/t21-,23-/m1/s1. The van der Waals surface area contributed by atoms with Gasteiger partial charge in [-0.1, -0.05) is 42.5 Å². The van der Waals surface area contributed by atoms with Gasteiger partial charge in [0, 0.05) is 29.9 Å². The smallest absolute Gasteiger partial charge is 0.320 e. The fourth-order valence-electron chi connectivity index (χ4n) is 4.22. The Labute approximate surface area is 191 Å². The van der Waals surface area contributed by atoms with Crippen molar-refractivity contribution in [2.45, 2.75) is 32.4 Å². The third-order valence-electron chi connectivity index (χ3n) is 5.90. The Hall–Kier alpha value is -4.04. The summed E-state index contributed by atoms with van der Waals surface area (Å²) in [4.78, 5) is 21.6. The molecule has 0 saturated heterocycles. The van der Waals surface area contributed by atoms with Gasteiger partial charge in [-0.15, -0.1) is 0 Å². The molecule has 33 heavy (non-hydrogen) atoms. The maximum absolute atomic E-state index is 13.1. The molecule has 8 heteroatoms. The largest absolute Gasteiger partial charge is 0.390 e. The number of urea groups is 1. The van der Waals surface area contributed by atoms with E-state index in [1.54, 1.807) is 17.1 Å². The summed E-state index contributed by atoms with van der Waals surface area (Å²) in [6.45, 7) is 3.73. The molecular weight excluding hydrogens is 416 g/mol. The topological polar surface area (TPSA) is 105 Å². The zero-order valence-corrected chi connectivity index (χ0v) is 18.4. The number of aliphatic hydroxyl groups excluding tert-OH is 1. The minimum absolute atomic E-state index is 0.414. The maximum atomic E-state index is 13.1. The highest BCUT2D eigenvalue weighted by Crippen LogP contribution is 2.32. The van der Waals surface area contributed by atoms with Crippen molar-refractivity contribution in [1.29, 1.82) is 0 Å². The number of fused-ring (bicyclic) bond motifs is 1. The van der Waals surface area contributed by atoms with Crippen LogP contribution in [0.25, 0.3) is 16.9 Å². The molecular formula is C25H24N6O2. The number of amides is 2. The van der Waals surface area contributed by atoms with Crippen LogP contribution in [-0.4, -0.2) is 37.0 Å². The number of anilines is 1. The predicted molar refractivity (Wildman–Crippen MR) is 125 cm³/mol. The van der Waals surface area contributed by atoms with Crippen molar-refractivity contribution < 1.29 is 9.90 Å². The zero-order valence-electron chi connectivity index (χ0n) is 18.4. The molecule has 2 amide bonds. The van der Waals surface area contributed by atoms with Gasteiger partial charge in [-0.3, -0.25) is 5.32 Å². The van der Waals surface area contributed by atoms with Crippen LogP contribution in [0.15, 0.2) is 67.0 Å². The van der Waals surface area contributed by atoms with E-state index < -0.39 is 18.2 Å². The average Bonchev–Trinajstić information content (AvgIpc) is 3.31. The van der Waals surface area contributed by atoms with E-state index in [1.165, 1.54) is 0 Å². The van der Waals surface area contributed by atoms with E-state index in [-0.39, 0.29) is 0 Å². The second-order valence-corrected chi connectivity index (χ2v) is 8.13. The summed E-state index contributed by atoms with van der Waals surface area (Å²) in [7, 11) is 0. The normalized spacial score (nSPS) is 16.9. The average molecular weight is 441 g/mol. The first-order valence-electron chi connectivity index (χ1n) is 10.8. The second-order valence-electron chi connectivity index (χ2n) is 8.13. The van der Waals surface area contributed by atoms with Crippen molar-refractivity contribution in [3.8, 4) is 16.9 Å². The van der Waals surface area contributed by atoms with Gasteiger partial charge in [-0.25, -0.2) is 19.4 Å². The number of benzene rings is 2. The minimum atomic E-state index is -0.673. The van der Waals surface area contributed by atoms with E-state index in [9.17, 15) is 9.90 Å². The molecule has 3 N–H and O–H groups in total. The lowest BCUT2D eigenvalue weighted by Crippen LogP contribution is -2.37. The molecule has 2 heterocycles. The second kappa shape index (κ2) is 8.48. The van der Waals surface area contributed by atoms with Crippen molar-refractivity contribution in [2.24, 2.45) is 0 Å². The molecule has 1 aliphatic rings. The monoisotopic (exact) mass is 440 g/mol. The number of aryl methyl sites for hydroxylation is 1. The maximum Gasteiger partial charge on any atom is 0.320 e. The highest BCUT2D eigenvalue weighted by Gasteiger charge is 2.32. The van der Waals surface area contributed by atoms with Crippen molar-refractivity contribution in [1.82, 2.24) is 25.1 Å². The highest BCUT2D eigenvalue weighted by atomic mass is 16.3. The van der Waals surface area contributed by atoms with Gasteiger partial charge in [0.1, 0.15) is 17.3 Å². The number of nitrogens with one attached hydrogen (secondary N) is 2. The Morgan fingerprint density at radius 2 is 1.73 bits per heavy atom. The van der Waals surface area contributed by atoms with Crippen molar-refractivity contribution in [3.63, 3.8) is 0 Å². The Balaban J connectivity index is 1.48. The summed E-state index contributed by atoms with van der Waals surface area (Å²) in [5.74, 6) is 1.21. The van der Waals surface area contributed by atoms with Gasteiger partial charge in [0.2, 0.25) is 0 Å². The van der Waals surface area contributed by atoms with Crippen LogP contribution in [0.1, 0.15) is 28.6 Å². The molecule has 2 aromatic carbocycles. The van der Waals surface area contributed by atoms with Crippen molar-refractivity contribution in [2.75, 3.05) is 5.32 Å². The number of nitrogens with zero attached hydrogens (tertiary/aromatic N) is 4. The van der Waals surface area contributed by atoms with Gasteiger partial charge in [0.25, 0.3) is 0 Å². The molecule has 0 aliphatic heterocycles. The first-order valence-corrected chi connectivity index (χ1v) is 10.8. The van der Waals surface area contributed by atoms with Crippen molar-refractivity contribution >= 4 is 11.8 Å². The molecule has 2 atom stereocenters. The summed E-state index contributed by atoms with van der Waals surface area (Å²) >= 11 is 0. The van der Waals surface area contributed by atoms with E-state index in [0.29, 0.717) is 23.8 Å². The number of aromatic nitrogens is 4. The Morgan fingerprint density at radius 1 is 1.03 bits per heavy atom. The molecule has 0 fully saturated rings. The van der Waals surface area contributed by atoms with E-state index >= 15 is 0 Å². The summed E-state index contributed by atoms with van der Waals surface area (Å²) < 4.78 is 1.70. The fourth-order valence-corrected chi connectivity index (χ4v) is 4.22. The number of rotatable bonds is 4.